The zero-order valence-corrected chi connectivity index (χ0v) is 12.2. The van der Waals surface area contributed by atoms with E-state index >= 15 is 0 Å². The van der Waals surface area contributed by atoms with Crippen LogP contribution in [0.4, 0.5) is 5.69 Å². The molecule has 0 fully saturated rings. The predicted molar refractivity (Wildman–Crippen MR) is 83.9 cm³/mol. The number of rotatable bonds is 5. The molecule has 0 aliphatic heterocycles. The number of anilines is 1. The summed E-state index contributed by atoms with van der Waals surface area (Å²) in [7, 11) is 0. The maximum Gasteiger partial charge on any atom is 0.326 e. The van der Waals surface area contributed by atoms with Crippen LogP contribution in [0.5, 0.6) is 0 Å². The average Bonchev–Trinajstić information content (AvgIpc) is 2.40. The molecule has 6 heteroatoms. The molecule has 20 heavy (non-hydrogen) atoms. The van der Waals surface area contributed by atoms with Gasteiger partial charge < -0.3 is 10.4 Å². The molecule has 1 heterocycles. The van der Waals surface area contributed by atoms with Gasteiger partial charge in [-0.1, -0.05) is 30.3 Å². The zero-order valence-electron chi connectivity index (χ0n) is 10.6. The summed E-state index contributed by atoms with van der Waals surface area (Å²) in [4.78, 5) is 15.2. The van der Waals surface area contributed by atoms with Crippen molar-refractivity contribution in [2.75, 3.05) is 5.32 Å². The lowest BCUT2D eigenvalue weighted by molar-refractivity contribution is -0.137. The van der Waals surface area contributed by atoms with Gasteiger partial charge in [0, 0.05) is 18.8 Å². The van der Waals surface area contributed by atoms with Crippen molar-refractivity contribution in [3.8, 4) is 0 Å². The van der Waals surface area contributed by atoms with Gasteiger partial charge in [-0.05, 0) is 17.7 Å². The number of pyridine rings is 1. The fourth-order valence-corrected chi connectivity index (χ4v) is 1.70. The van der Waals surface area contributed by atoms with Crippen LogP contribution >= 0.6 is 24.8 Å². The molecule has 1 aromatic carbocycles. The summed E-state index contributed by atoms with van der Waals surface area (Å²) < 4.78 is 0. The van der Waals surface area contributed by atoms with Crippen LogP contribution in [0.25, 0.3) is 0 Å². The minimum atomic E-state index is -0.872. The van der Waals surface area contributed by atoms with Crippen LogP contribution in [0, 0.1) is 0 Å². The summed E-state index contributed by atoms with van der Waals surface area (Å²) in [6, 6.07) is 12.5. The number of hydrogen-bond donors (Lipinski definition) is 2. The highest BCUT2D eigenvalue weighted by Gasteiger charge is 2.17. The summed E-state index contributed by atoms with van der Waals surface area (Å²) in [5.74, 6) is -0.872. The molecule has 0 saturated heterocycles. The first-order chi connectivity index (χ1) is 8.75. The Morgan fingerprint density at radius 2 is 1.85 bits per heavy atom. The molecule has 0 aliphatic carbocycles. The van der Waals surface area contributed by atoms with Crippen LogP contribution in [0.15, 0.2) is 54.9 Å². The van der Waals surface area contributed by atoms with Crippen LogP contribution in [0.3, 0.4) is 0 Å². The van der Waals surface area contributed by atoms with Crippen molar-refractivity contribution in [1.29, 1.82) is 0 Å². The maximum atomic E-state index is 11.2. The number of aromatic nitrogens is 1. The van der Waals surface area contributed by atoms with Gasteiger partial charge in [0.05, 0.1) is 5.69 Å². The van der Waals surface area contributed by atoms with E-state index in [2.05, 4.69) is 10.3 Å². The molecule has 0 spiro atoms. The first-order valence-corrected chi connectivity index (χ1v) is 5.69. The standard InChI is InChI=1S/C14H14N2O2.2ClH/c17-14(18)13(9-11-5-2-1-3-6-11)16-12-7-4-8-15-10-12;;/h1-8,10,13,16H,9H2,(H,17,18);2*1H/t13-;;/m0../s1. The molecule has 1 atom stereocenters. The Morgan fingerprint density at radius 1 is 1.15 bits per heavy atom. The summed E-state index contributed by atoms with van der Waals surface area (Å²) >= 11 is 0. The van der Waals surface area contributed by atoms with Gasteiger partial charge in [-0.2, -0.15) is 0 Å². The minimum Gasteiger partial charge on any atom is -0.480 e. The van der Waals surface area contributed by atoms with Crippen molar-refractivity contribution in [2.45, 2.75) is 12.5 Å². The molecule has 108 valence electrons. The van der Waals surface area contributed by atoms with Gasteiger partial charge in [0.2, 0.25) is 0 Å². The third-order valence-electron chi connectivity index (χ3n) is 2.58. The van der Waals surface area contributed by atoms with Crippen molar-refractivity contribution in [1.82, 2.24) is 4.98 Å². The van der Waals surface area contributed by atoms with Gasteiger partial charge in [-0.15, -0.1) is 24.8 Å². The van der Waals surface area contributed by atoms with E-state index in [-0.39, 0.29) is 24.8 Å². The van der Waals surface area contributed by atoms with Crippen molar-refractivity contribution >= 4 is 36.5 Å². The number of hydrogen-bond acceptors (Lipinski definition) is 3. The smallest absolute Gasteiger partial charge is 0.326 e. The second-order valence-corrected chi connectivity index (χ2v) is 3.97. The van der Waals surface area contributed by atoms with Gasteiger partial charge in [0.1, 0.15) is 6.04 Å². The van der Waals surface area contributed by atoms with Gasteiger partial charge in [-0.3, -0.25) is 4.98 Å². The summed E-state index contributed by atoms with van der Waals surface area (Å²) in [6.07, 6.45) is 3.70. The van der Waals surface area contributed by atoms with Gasteiger partial charge >= 0.3 is 5.97 Å². The fraction of sp³-hybridized carbons (Fsp3) is 0.143. The Hall–Kier alpha value is -1.78. The number of benzene rings is 1. The Bertz CT molecular complexity index is 468. The van der Waals surface area contributed by atoms with E-state index in [4.69, 9.17) is 0 Å². The topological polar surface area (TPSA) is 62.2 Å². The highest BCUT2D eigenvalue weighted by Crippen LogP contribution is 2.10. The third-order valence-corrected chi connectivity index (χ3v) is 2.58. The molecule has 2 rings (SSSR count). The molecule has 0 unspecified atom stereocenters. The van der Waals surface area contributed by atoms with E-state index in [1.54, 1.807) is 24.5 Å². The lowest BCUT2D eigenvalue weighted by Crippen LogP contribution is -2.31. The highest BCUT2D eigenvalue weighted by molar-refractivity contribution is 5.85. The van der Waals surface area contributed by atoms with Crippen LogP contribution in [0.2, 0.25) is 0 Å². The molecule has 1 aromatic heterocycles. The largest absolute Gasteiger partial charge is 0.480 e. The number of nitrogens with zero attached hydrogens (tertiary/aromatic N) is 1. The van der Waals surface area contributed by atoms with Crippen LogP contribution < -0.4 is 5.32 Å². The molecular formula is C14H16Cl2N2O2. The second kappa shape index (κ2) is 9.18. The van der Waals surface area contributed by atoms with Crippen molar-refractivity contribution in [3.05, 3.63) is 60.4 Å². The lowest BCUT2D eigenvalue weighted by atomic mass is 10.1. The molecule has 0 amide bonds. The molecule has 0 aliphatic rings. The van der Waals surface area contributed by atoms with Crippen molar-refractivity contribution in [2.24, 2.45) is 0 Å². The van der Waals surface area contributed by atoms with Crippen molar-refractivity contribution in [3.63, 3.8) is 0 Å². The van der Waals surface area contributed by atoms with Gasteiger partial charge in [0.25, 0.3) is 0 Å². The normalized spacial score (nSPS) is 10.6. The van der Waals surface area contributed by atoms with Crippen molar-refractivity contribution < 1.29 is 9.90 Å². The van der Waals surface area contributed by atoms with Crippen LogP contribution in [-0.4, -0.2) is 22.1 Å². The summed E-state index contributed by atoms with van der Waals surface area (Å²) in [5.41, 5.74) is 1.70. The van der Waals surface area contributed by atoms with E-state index in [0.717, 1.165) is 5.56 Å². The zero-order chi connectivity index (χ0) is 12.8. The van der Waals surface area contributed by atoms with E-state index in [0.29, 0.717) is 12.1 Å². The third kappa shape index (κ3) is 5.47. The molecule has 2 aromatic rings. The van der Waals surface area contributed by atoms with Crippen LogP contribution in [-0.2, 0) is 11.2 Å². The number of carboxylic acids is 1. The molecule has 0 radical (unpaired) electrons. The monoisotopic (exact) mass is 314 g/mol. The minimum absolute atomic E-state index is 0. The second-order valence-electron chi connectivity index (χ2n) is 3.97. The molecule has 0 saturated carbocycles. The van der Waals surface area contributed by atoms with E-state index in [9.17, 15) is 9.90 Å². The Labute approximate surface area is 130 Å². The van der Waals surface area contributed by atoms with Gasteiger partial charge in [-0.25, -0.2) is 4.79 Å². The first kappa shape index (κ1) is 18.2. The molecule has 4 nitrogen and oxygen atoms in total. The molecule has 2 N–H and O–H groups in total. The number of carboxylic acid groups (broad SMARTS) is 1. The maximum absolute atomic E-state index is 11.2. The fourth-order valence-electron chi connectivity index (χ4n) is 1.70. The summed E-state index contributed by atoms with van der Waals surface area (Å²) in [5, 5.41) is 12.2. The number of halogens is 2. The Balaban J connectivity index is 0.00000180. The number of aliphatic carboxylic acids is 1. The highest BCUT2D eigenvalue weighted by atomic mass is 35.5. The van der Waals surface area contributed by atoms with Crippen LogP contribution in [0.1, 0.15) is 5.56 Å². The quantitative estimate of drug-likeness (QED) is 0.890. The van der Waals surface area contributed by atoms with E-state index < -0.39 is 12.0 Å². The Kier molecular flexibility index (Phi) is 8.36. The van der Waals surface area contributed by atoms with E-state index in [1.165, 1.54) is 0 Å². The summed E-state index contributed by atoms with van der Waals surface area (Å²) in [6.45, 7) is 0. The lowest BCUT2D eigenvalue weighted by Gasteiger charge is -2.15. The van der Waals surface area contributed by atoms with Gasteiger partial charge in [0.15, 0.2) is 0 Å². The number of carbonyl (C=O) groups is 1. The van der Waals surface area contributed by atoms with E-state index in [1.807, 2.05) is 30.3 Å². The number of nitrogens with one attached hydrogen (secondary N) is 1. The molecule has 0 bridgehead atoms. The molecular weight excluding hydrogens is 299 g/mol. The SMILES string of the molecule is Cl.Cl.O=C(O)[C@H](Cc1ccccc1)Nc1cccnc1. The predicted octanol–water partition coefficient (Wildman–Crippen LogP) is 3.03. The average molecular weight is 315 g/mol. The Morgan fingerprint density at radius 3 is 2.40 bits per heavy atom. The first-order valence-electron chi connectivity index (χ1n) is 5.69.